The third kappa shape index (κ3) is 3.81. The van der Waals surface area contributed by atoms with Crippen LogP contribution in [0.3, 0.4) is 0 Å². The second-order valence-electron chi connectivity index (χ2n) is 13.0. The van der Waals surface area contributed by atoms with Gasteiger partial charge in [0.2, 0.25) is 0 Å². The number of ketones is 1. The Morgan fingerprint density at radius 1 is 1.11 bits per heavy atom. The molecule has 36 heavy (non-hydrogen) atoms. The summed E-state index contributed by atoms with van der Waals surface area (Å²) in [6.07, 6.45) is 0.246. The summed E-state index contributed by atoms with van der Waals surface area (Å²) >= 11 is 0. The maximum absolute atomic E-state index is 13.3. The Labute approximate surface area is 211 Å². The lowest BCUT2D eigenvalue weighted by atomic mass is 9.45. The number of hydrogen-bond acceptors (Lipinski definition) is 8. The van der Waals surface area contributed by atoms with Gasteiger partial charge < -0.3 is 35.7 Å². The zero-order chi connectivity index (χ0) is 27.1. The van der Waals surface area contributed by atoms with E-state index < -0.39 is 63.8 Å². The molecule has 0 saturated heterocycles. The number of aliphatic hydroxyl groups is 6. The lowest BCUT2D eigenvalue weighted by molar-refractivity contribution is -0.178. The lowest BCUT2D eigenvalue weighted by Gasteiger charge is -2.60. The Balaban J connectivity index is 1.63. The van der Waals surface area contributed by atoms with Crippen LogP contribution < -0.4 is 0 Å². The van der Waals surface area contributed by atoms with Crippen LogP contribution in [0.25, 0.3) is 0 Å². The summed E-state index contributed by atoms with van der Waals surface area (Å²) in [4.78, 5) is 24.5. The van der Waals surface area contributed by atoms with Crippen molar-refractivity contribution < 1.29 is 45.3 Å². The SMILES string of the molecule is C[C@](O)([C@H](O)CC[C@](C)(O)C(=O)O)[C@H]1CC[C@@]2(O)C3=CC(=O)[C@@H]4C[C@@H](O)[C@@H](O)C[C@]4(C)[C@H]3CC[C@]12C. The Bertz CT molecular complexity index is 957. The summed E-state index contributed by atoms with van der Waals surface area (Å²) in [6.45, 7) is 6.50. The number of fused-ring (bicyclic) bond motifs is 5. The van der Waals surface area contributed by atoms with E-state index in [1.165, 1.54) is 13.0 Å². The first-order valence-electron chi connectivity index (χ1n) is 13.1. The number of carbonyl (C=O) groups is 2. The van der Waals surface area contributed by atoms with Crippen LogP contribution in [-0.2, 0) is 9.59 Å². The molecule has 11 atom stereocenters. The van der Waals surface area contributed by atoms with Crippen molar-refractivity contribution in [2.24, 2.45) is 28.6 Å². The first-order chi connectivity index (χ1) is 16.4. The Morgan fingerprint density at radius 2 is 1.75 bits per heavy atom. The molecule has 4 rings (SSSR count). The van der Waals surface area contributed by atoms with Crippen LogP contribution in [-0.4, -0.2) is 82.6 Å². The number of carboxylic acid groups (broad SMARTS) is 1. The van der Waals surface area contributed by atoms with Crippen LogP contribution in [0.2, 0.25) is 0 Å². The number of carboxylic acids is 1. The van der Waals surface area contributed by atoms with Gasteiger partial charge in [0.05, 0.1) is 29.5 Å². The molecule has 7 N–H and O–H groups in total. The van der Waals surface area contributed by atoms with Crippen LogP contribution in [0.4, 0.5) is 0 Å². The molecule has 0 amide bonds. The van der Waals surface area contributed by atoms with Gasteiger partial charge in [0.25, 0.3) is 0 Å². The minimum absolute atomic E-state index is 0.138. The number of rotatable bonds is 6. The monoisotopic (exact) mass is 510 g/mol. The van der Waals surface area contributed by atoms with E-state index in [4.69, 9.17) is 0 Å². The van der Waals surface area contributed by atoms with Gasteiger partial charge >= 0.3 is 5.97 Å². The van der Waals surface area contributed by atoms with Crippen molar-refractivity contribution in [3.63, 3.8) is 0 Å². The quantitative estimate of drug-likeness (QED) is 0.274. The van der Waals surface area contributed by atoms with Gasteiger partial charge in [-0.3, -0.25) is 4.79 Å². The Hall–Kier alpha value is -1.36. The predicted molar refractivity (Wildman–Crippen MR) is 129 cm³/mol. The maximum atomic E-state index is 13.3. The number of aliphatic hydroxyl groups excluding tert-OH is 3. The summed E-state index contributed by atoms with van der Waals surface area (Å²) < 4.78 is 0. The molecule has 9 nitrogen and oxygen atoms in total. The zero-order valence-electron chi connectivity index (χ0n) is 21.6. The predicted octanol–water partition coefficient (Wildman–Crippen LogP) is 0.919. The van der Waals surface area contributed by atoms with Crippen molar-refractivity contribution in [3.05, 3.63) is 11.6 Å². The van der Waals surface area contributed by atoms with Gasteiger partial charge in [-0.2, -0.15) is 0 Å². The molecule has 0 spiro atoms. The molecule has 0 aromatic heterocycles. The van der Waals surface area contributed by atoms with E-state index in [-0.39, 0.29) is 37.4 Å². The fourth-order valence-electron chi connectivity index (χ4n) is 8.36. The minimum atomic E-state index is -2.03. The van der Waals surface area contributed by atoms with Gasteiger partial charge in [-0.25, -0.2) is 4.79 Å². The summed E-state index contributed by atoms with van der Waals surface area (Å²) in [5, 5.41) is 74.6. The van der Waals surface area contributed by atoms with E-state index in [0.29, 0.717) is 31.3 Å². The highest BCUT2D eigenvalue weighted by Crippen LogP contribution is 2.68. The van der Waals surface area contributed by atoms with Gasteiger partial charge in [-0.1, -0.05) is 13.8 Å². The topological polar surface area (TPSA) is 176 Å². The van der Waals surface area contributed by atoms with E-state index in [9.17, 15) is 45.3 Å². The number of aliphatic carboxylic acids is 1. The molecule has 0 aliphatic heterocycles. The largest absolute Gasteiger partial charge is 0.479 e. The van der Waals surface area contributed by atoms with E-state index in [0.717, 1.165) is 6.92 Å². The molecule has 0 heterocycles. The first-order valence-corrected chi connectivity index (χ1v) is 13.1. The normalized spacial score (nSPS) is 46.4. The third-order valence-corrected chi connectivity index (χ3v) is 10.9. The molecule has 0 unspecified atom stereocenters. The number of allylic oxidation sites excluding steroid dienone is 1. The second-order valence-corrected chi connectivity index (χ2v) is 13.0. The maximum Gasteiger partial charge on any atom is 0.335 e. The third-order valence-electron chi connectivity index (χ3n) is 10.9. The van der Waals surface area contributed by atoms with Gasteiger partial charge in [-0.05, 0) is 94.1 Å². The highest BCUT2D eigenvalue weighted by atomic mass is 16.4. The highest BCUT2D eigenvalue weighted by molar-refractivity contribution is 5.95. The van der Waals surface area contributed by atoms with Gasteiger partial charge in [-0.15, -0.1) is 0 Å². The van der Waals surface area contributed by atoms with Crippen LogP contribution in [0.15, 0.2) is 11.6 Å². The van der Waals surface area contributed by atoms with E-state index >= 15 is 0 Å². The fourth-order valence-corrected chi connectivity index (χ4v) is 8.36. The molecular weight excluding hydrogens is 468 g/mol. The molecule has 4 aliphatic carbocycles. The fraction of sp³-hybridized carbons (Fsp3) is 0.852. The van der Waals surface area contributed by atoms with Gasteiger partial charge in [0.15, 0.2) is 11.4 Å². The average molecular weight is 511 g/mol. The van der Waals surface area contributed by atoms with Crippen LogP contribution in [0.1, 0.15) is 79.1 Å². The van der Waals surface area contributed by atoms with Crippen LogP contribution in [0, 0.1) is 28.6 Å². The van der Waals surface area contributed by atoms with Crippen LogP contribution in [0.5, 0.6) is 0 Å². The van der Waals surface area contributed by atoms with E-state index in [1.807, 2.05) is 13.8 Å². The first kappa shape index (κ1) is 27.7. The Kier molecular flexibility index (Phi) is 6.59. The highest BCUT2D eigenvalue weighted by Gasteiger charge is 2.69. The summed E-state index contributed by atoms with van der Waals surface area (Å²) in [5.74, 6) is -2.68. The summed E-state index contributed by atoms with van der Waals surface area (Å²) in [5.41, 5.74) is -5.92. The van der Waals surface area contributed by atoms with E-state index in [1.54, 1.807) is 0 Å². The number of hydrogen-bond donors (Lipinski definition) is 7. The van der Waals surface area contributed by atoms with Crippen molar-refractivity contribution in [1.82, 2.24) is 0 Å². The lowest BCUT2D eigenvalue weighted by Crippen LogP contribution is -2.62. The number of carbonyl (C=O) groups excluding carboxylic acids is 1. The van der Waals surface area contributed by atoms with Crippen molar-refractivity contribution in [3.8, 4) is 0 Å². The standard InChI is InChI=1S/C27H42O9/c1-23-13-19(30)18(29)12-16(23)17(28)11-15-14(23)5-8-24(2)20(6-10-27(15,24)36)26(4,35)21(31)7-9-25(3,34)22(32)33/h11,14,16,18-21,29-31,34-36H,5-10,12-13H2,1-4H3,(H,32,33)/t14-,16-,18+,19-,20-,21+,23+,24+,25-,26+,27+/m0/s1. The molecular formula is C27H42O9. The summed E-state index contributed by atoms with van der Waals surface area (Å²) in [6, 6.07) is 0. The second kappa shape index (κ2) is 8.58. The minimum Gasteiger partial charge on any atom is -0.479 e. The van der Waals surface area contributed by atoms with Crippen LogP contribution >= 0.6 is 0 Å². The molecule has 0 aromatic carbocycles. The molecule has 3 fully saturated rings. The van der Waals surface area contributed by atoms with Crippen molar-refractivity contribution in [2.75, 3.05) is 0 Å². The van der Waals surface area contributed by atoms with Crippen molar-refractivity contribution >= 4 is 11.8 Å². The van der Waals surface area contributed by atoms with Crippen molar-refractivity contribution in [2.45, 2.75) is 114 Å². The molecule has 0 bridgehead atoms. The summed E-state index contributed by atoms with van der Waals surface area (Å²) in [7, 11) is 0. The Morgan fingerprint density at radius 3 is 2.36 bits per heavy atom. The smallest absolute Gasteiger partial charge is 0.335 e. The molecule has 4 aliphatic rings. The molecule has 0 aromatic rings. The van der Waals surface area contributed by atoms with E-state index in [2.05, 4.69) is 0 Å². The molecule has 0 radical (unpaired) electrons. The van der Waals surface area contributed by atoms with Crippen molar-refractivity contribution in [1.29, 1.82) is 0 Å². The zero-order valence-corrected chi connectivity index (χ0v) is 21.6. The molecule has 9 heteroatoms. The van der Waals surface area contributed by atoms with Gasteiger partial charge in [0, 0.05) is 11.3 Å². The average Bonchev–Trinajstić information content (AvgIpc) is 3.06. The molecule has 204 valence electrons. The molecule has 3 saturated carbocycles. The van der Waals surface area contributed by atoms with Gasteiger partial charge in [0.1, 0.15) is 0 Å².